The lowest BCUT2D eigenvalue weighted by molar-refractivity contribution is 0.242. The number of rotatable bonds is 5. The van der Waals surface area contributed by atoms with E-state index in [4.69, 9.17) is 4.74 Å². The second-order valence-electron chi connectivity index (χ2n) is 5.33. The summed E-state index contributed by atoms with van der Waals surface area (Å²) in [5.74, 6) is 0.875. The molecule has 0 fully saturated rings. The normalized spacial score (nSPS) is 10.7. The molecule has 0 unspecified atom stereocenters. The third kappa shape index (κ3) is 3.47. The Morgan fingerprint density at radius 1 is 0.955 bits per heavy atom. The summed E-state index contributed by atoms with van der Waals surface area (Å²) in [5, 5.41) is 7.70. The van der Waals surface area contributed by atoms with Crippen molar-refractivity contribution in [3.63, 3.8) is 0 Å². The highest BCUT2D eigenvalue weighted by Crippen LogP contribution is 2.21. The number of nitrogens with one attached hydrogen (secondary N) is 1. The Hall–Kier alpha value is -2.75. The lowest BCUT2D eigenvalue weighted by Crippen LogP contribution is -2.05. The van der Waals surface area contributed by atoms with E-state index in [9.17, 15) is 0 Å². The fourth-order valence-corrected chi connectivity index (χ4v) is 2.16. The molecule has 4 nitrogen and oxygen atoms in total. The maximum Gasteiger partial charge on any atom is 0.119 e. The van der Waals surface area contributed by atoms with Crippen molar-refractivity contribution in [1.82, 2.24) is 9.78 Å². The van der Waals surface area contributed by atoms with Crippen molar-refractivity contribution in [3.8, 4) is 11.4 Å². The molecule has 0 amide bonds. The molecule has 0 saturated carbocycles. The van der Waals surface area contributed by atoms with Crippen LogP contribution in [0.2, 0.25) is 0 Å². The number of ether oxygens (including phenoxy) is 1. The molecule has 0 aliphatic rings. The molecule has 0 radical (unpaired) electrons. The van der Waals surface area contributed by atoms with Crippen molar-refractivity contribution < 1.29 is 4.74 Å². The van der Waals surface area contributed by atoms with Gasteiger partial charge < -0.3 is 10.1 Å². The molecule has 0 bridgehead atoms. The maximum atomic E-state index is 5.64. The Kier molecular flexibility index (Phi) is 4.10. The molecule has 1 heterocycles. The Bertz CT molecular complexity index is 718. The first kappa shape index (κ1) is 14.2. The van der Waals surface area contributed by atoms with Crippen LogP contribution >= 0.6 is 0 Å². The fourth-order valence-electron chi connectivity index (χ4n) is 2.16. The lowest BCUT2D eigenvalue weighted by Gasteiger charge is -2.10. The minimum Gasteiger partial charge on any atom is -0.491 e. The van der Waals surface area contributed by atoms with Gasteiger partial charge in [-0.3, -0.25) is 0 Å². The number of hydrogen-bond donors (Lipinski definition) is 1. The van der Waals surface area contributed by atoms with Gasteiger partial charge in [0.1, 0.15) is 5.75 Å². The third-order valence-electron chi connectivity index (χ3n) is 3.12. The minimum atomic E-state index is 0.183. The molecule has 3 aromatic rings. The maximum absolute atomic E-state index is 5.64. The van der Waals surface area contributed by atoms with Crippen LogP contribution < -0.4 is 10.1 Å². The molecule has 0 aliphatic carbocycles. The first-order chi connectivity index (χ1) is 10.7. The smallest absolute Gasteiger partial charge is 0.119 e. The van der Waals surface area contributed by atoms with Gasteiger partial charge in [0.25, 0.3) is 0 Å². The number of hydrogen-bond acceptors (Lipinski definition) is 3. The van der Waals surface area contributed by atoms with E-state index >= 15 is 0 Å². The zero-order valence-corrected chi connectivity index (χ0v) is 12.7. The molecule has 0 aliphatic heterocycles. The van der Waals surface area contributed by atoms with Crippen LogP contribution in [0.5, 0.6) is 5.75 Å². The van der Waals surface area contributed by atoms with Crippen LogP contribution in [0.15, 0.2) is 67.0 Å². The van der Waals surface area contributed by atoms with E-state index in [0.29, 0.717) is 0 Å². The van der Waals surface area contributed by atoms with Crippen LogP contribution in [0.3, 0.4) is 0 Å². The van der Waals surface area contributed by atoms with E-state index < -0.39 is 0 Å². The number of para-hydroxylation sites is 1. The van der Waals surface area contributed by atoms with Gasteiger partial charge in [0, 0.05) is 5.69 Å². The molecule has 112 valence electrons. The van der Waals surface area contributed by atoms with E-state index in [-0.39, 0.29) is 6.10 Å². The van der Waals surface area contributed by atoms with Crippen molar-refractivity contribution in [2.24, 2.45) is 0 Å². The summed E-state index contributed by atoms with van der Waals surface area (Å²) in [7, 11) is 0. The van der Waals surface area contributed by atoms with Crippen molar-refractivity contribution in [1.29, 1.82) is 0 Å². The van der Waals surface area contributed by atoms with Crippen LogP contribution in [-0.2, 0) is 0 Å². The Morgan fingerprint density at radius 2 is 1.68 bits per heavy atom. The number of benzene rings is 2. The highest BCUT2D eigenvalue weighted by Gasteiger charge is 2.02. The number of nitrogens with zero attached hydrogens (tertiary/aromatic N) is 2. The van der Waals surface area contributed by atoms with Gasteiger partial charge in [0.05, 0.1) is 29.9 Å². The Morgan fingerprint density at radius 3 is 2.36 bits per heavy atom. The van der Waals surface area contributed by atoms with Crippen LogP contribution in [-0.4, -0.2) is 15.9 Å². The minimum absolute atomic E-state index is 0.183. The van der Waals surface area contributed by atoms with Gasteiger partial charge in [-0.05, 0) is 50.2 Å². The summed E-state index contributed by atoms with van der Waals surface area (Å²) in [6.07, 6.45) is 3.96. The second-order valence-corrected chi connectivity index (χ2v) is 5.33. The second kappa shape index (κ2) is 6.35. The van der Waals surface area contributed by atoms with E-state index in [1.165, 1.54) is 0 Å². The third-order valence-corrected chi connectivity index (χ3v) is 3.12. The predicted octanol–water partition coefficient (Wildman–Crippen LogP) is 4.40. The van der Waals surface area contributed by atoms with Crippen LogP contribution in [0.1, 0.15) is 13.8 Å². The van der Waals surface area contributed by atoms with Crippen molar-refractivity contribution in [2.45, 2.75) is 20.0 Å². The highest BCUT2D eigenvalue weighted by atomic mass is 16.5. The van der Waals surface area contributed by atoms with Gasteiger partial charge in [-0.2, -0.15) is 5.10 Å². The predicted molar refractivity (Wildman–Crippen MR) is 89.1 cm³/mol. The van der Waals surface area contributed by atoms with Gasteiger partial charge in [-0.25, -0.2) is 4.68 Å². The fraction of sp³-hybridized carbons (Fsp3) is 0.167. The van der Waals surface area contributed by atoms with Gasteiger partial charge in [0.15, 0.2) is 0 Å². The molecule has 3 rings (SSSR count). The molecule has 0 spiro atoms. The van der Waals surface area contributed by atoms with Crippen molar-refractivity contribution in [3.05, 3.63) is 67.0 Å². The first-order valence-corrected chi connectivity index (χ1v) is 7.34. The van der Waals surface area contributed by atoms with E-state index in [0.717, 1.165) is 22.8 Å². The molecule has 0 saturated heterocycles. The molecule has 2 aromatic carbocycles. The largest absolute Gasteiger partial charge is 0.491 e. The molecule has 1 N–H and O–H groups in total. The average molecular weight is 293 g/mol. The highest BCUT2D eigenvalue weighted by molar-refractivity contribution is 5.59. The van der Waals surface area contributed by atoms with Crippen molar-refractivity contribution in [2.75, 3.05) is 5.32 Å². The Labute approximate surface area is 130 Å². The Balaban J connectivity index is 1.70. The van der Waals surface area contributed by atoms with E-state index in [2.05, 4.69) is 10.4 Å². The zero-order valence-electron chi connectivity index (χ0n) is 12.7. The van der Waals surface area contributed by atoms with Gasteiger partial charge in [-0.1, -0.05) is 18.2 Å². The van der Waals surface area contributed by atoms with Gasteiger partial charge in [-0.15, -0.1) is 0 Å². The summed E-state index contributed by atoms with van der Waals surface area (Å²) in [5.41, 5.74) is 2.99. The summed E-state index contributed by atoms with van der Waals surface area (Å²) in [6, 6.07) is 18.0. The van der Waals surface area contributed by atoms with E-state index in [1.807, 2.05) is 85.5 Å². The van der Waals surface area contributed by atoms with Crippen LogP contribution in [0, 0.1) is 0 Å². The van der Waals surface area contributed by atoms with Gasteiger partial charge in [0.2, 0.25) is 0 Å². The van der Waals surface area contributed by atoms with Crippen LogP contribution in [0.25, 0.3) is 5.69 Å². The lowest BCUT2D eigenvalue weighted by atomic mass is 10.3. The summed E-state index contributed by atoms with van der Waals surface area (Å²) >= 11 is 0. The molecule has 1 aromatic heterocycles. The van der Waals surface area contributed by atoms with Crippen molar-refractivity contribution >= 4 is 11.4 Å². The summed E-state index contributed by atoms with van der Waals surface area (Å²) in [6.45, 7) is 4.04. The van der Waals surface area contributed by atoms with E-state index in [1.54, 1.807) is 0 Å². The molecular weight excluding hydrogens is 274 g/mol. The molecule has 4 heteroatoms. The topological polar surface area (TPSA) is 39.1 Å². The zero-order chi connectivity index (χ0) is 15.4. The summed E-state index contributed by atoms with van der Waals surface area (Å²) < 4.78 is 7.48. The van der Waals surface area contributed by atoms with Gasteiger partial charge >= 0.3 is 0 Å². The number of anilines is 2. The first-order valence-electron chi connectivity index (χ1n) is 7.34. The monoisotopic (exact) mass is 293 g/mol. The molecular formula is C18H19N3O. The SMILES string of the molecule is CC(C)Oc1ccc(Nc2cnn(-c3ccccc3)c2)cc1. The average Bonchev–Trinajstić information content (AvgIpc) is 2.98. The molecule has 0 atom stereocenters. The number of aromatic nitrogens is 2. The summed E-state index contributed by atoms with van der Waals surface area (Å²) in [4.78, 5) is 0. The van der Waals surface area contributed by atoms with Crippen LogP contribution in [0.4, 0.5) is 11.4 Å². The molecule has 22 heavy (non-hydrogen) atoms. The standard InChI is InChI=1S/C18H19N3O/c1-14(2)22-18-10-8-15(9-11-18)20-16-12-19-21(13-16)17-6-4-3-5-7-17/h3-14,20H,1-2H3. The quantitative estimate of drug-likeness (QED) is 0.757.